The summed E-state index contributed by atoms with van der Waals surface area (Å²) < 4.78 is 0. The van der Waals surface area contributed by atoms with Crippen LogP contribution in [0.15, 0.2) is 0 Å². The summed E-state index contributed by atoms with van der Waals surface area (Å²) in [6, 6.07) is -0.302. The van der Waals surface area contributed by atoms with Crippen molar-refractivity contribution >= 4 is 5.91 Å². The molecule has 1 amide bonds. The van der Waals surface area contributed by atoms with E-state index in [1.807, 2.05) is 11.8 Å². The first kappa shape index (κ1) is 14.4. The molecule has 0 aromatic carbocycles. The third-order valence-corrected chi connectivity index (χ3v) is 2.46. The maximum absolute atomic E-state index is 11.9. The van der Waals surface area contributed by atoms with Crippen molar-refractivity contribution in [2.75, 3.05) is 13.1 Å². The van der Waals surface area contributed by atoms with E-state index in [9.17, 15) is 4.79 Å². The van der Waals surface area contributed by atoms with Crippen molar-refractivity contribution in [3.63, 3.8) is 0 Å². The largest absolute Gasteiger partial charge is 0.341 e. The van der Waals surface area contributed by atoms with Gasteiger partial charge in [-0.2, -0.15) is 0 Å². The Morgan fingerprint density at radius 1 is 1.33 bits per heavy atom. The van der Waals surface area contributed by atoms with E-state index in [1.54, 1.807) is 0 Å². The molecule has 0 aliphatic heterocycles. The molecule has 0 fully saturated rings. The first-order valence-corrected chi connectivity index (χ1v) is 6.07. The van der Waals surface area contributed by atoms with Crippen LogP contribution >= 0.6 is 0 Å². The standard InChI is InChI=1S/C12H26N2O/c1-5-7-8-11(13)12(15)14(6-2)9-10(3)4/h10-11H,5-9,13H2,1-4H3. The van der Waals surface area contributed by atoms with Crippen molar-refractivity contribution < 1.29 is 4.79 Å². The third kappa shape index (κ3) is 5.78. The van der Waals surface area contributed by atoms with Crippen LogP contribution in [-0.4, -0.2) is 29.9 Å². The summed E-state index contributed by atoms with van der Waals surface area (Å²) in [6.07, 6.45) is 2.94. The smallest absolute Gasteiger partial charge is 0.239 e. The van der Waals surface area contributed by atoms with Crippen molar-refractivity contribution in [2.45, 2.75) is 53.0 Å². The first-order chi connectivity index (χ1) is 7.02. The predicted octanol–water partition coefficient (Wildman–Crippen LogP) is 2.01. The molecule has 90 valence electrons. The number of carbonyl (C=O) groups is 1. The van der Waals surface area contributed by atoms with Crippen molar-refractivity contribution in [3.8, 4) is 0 Å². The Hall–Kier alpha value is -0.570. The fraction of sp³-hybridized carbons (Fsp3) is 0.917. The van der Waals surface area contributed by atoms with Crippen molar-refractivity contribution in [1.29, 1.82) is 0 Å². The Bertz CT molecular complexity index is 180. The summed E-state index contributed by atoms with van der Waals surface area (Å²) >= 11 is 0. The second kappa shape index (κ2) is 7.69. The molecule has 1 unspecified atom stereocenters. The van der Waals surface area contributed by atoms with E-state index in [2.05, 4.69) is 20.8 Å². The molecule has 0 aliphatic carbocycles. The molecular weight excluding hydrogens is 188 g/mol. The lowest BCUT2D eigenvalue weighted by molar-refractivity contribution is -0.133. The molecule has 0 spiro atoms. The van der Waals surface area contributed by atoms with Gasteiger partial charge in [0, 0.05) is 13.1 Å². The molecule has 0 bridgehead atoms. The van der Waals surface area contributed by atoms with Crippen LogP contribution in [0.3, 0.4) is 0 Å². The van der Waals surface area contributed by atoms with E-state index < -0.39 is 0 Å². The molecule has 0 radical (unpaired) electrons. The van der Waals surface area contributed by atoms with Gasteiger partial charge in [0.25, 0.3) is 0 Å². The second-order valence-corrected chi connectivity index (χ2v) is 4.52. The van der Waals surface area contributed by atoms with Crippen molar-refractivity contribution in [2.24, 2.45) is 11.7 Å². The lowest BCUT2D eigenvalue weighted by Crippen LogP contribution is -2.45. The van der Waals surface area contributed by atoms with Gasteiger partial charge in [-0.3, -0.25) is 4.79 Å². The Labute approximate surface area is 94.0 Å². The highest BCUT2D eigenvalue weighted by atomic mass is 16.2. The number of hydrogen-bond donors (Lipinski definition) is 1. The van der Waals surface area contributed by atoms with Crippen molar-refractivity contribution in [3.05, 3.63) is 0 Å². The summed E-state index contributed by atoms with van der Waals surface area (Å²) in [5.74, 6) is 0.618. The van der Waals surface area contributed by atoms with Gasteiger partial charge in [0.1, 0.15) is 0 Å². The van der Waals surface area contributed by atoms with Crippen LogP contribution in [0.4, 0.5) is 0 Å². The minimum atomic E-state index is -0.302. The molecule has 0 heterocycles. The van der Waals surface area contributed by atoms with Crippen LogP contribution in [0.25, 0.3) is 0 Å². The Morgan fingerprint density at radius 3 is 2.33 bits per heavy atom. The average molecular weight is 214 g/mol. The van der Waals surface area contributed by atoms with E-state index in [-0.39, 0.29) is 11.9 Å². The van der Waals surface area contributed by atoms with E-state index in [0.29, 0.717) is 5.92 Å². The maximum atomic E-state index is 11.9. The number of amides is 1. The zero-order chi connectivity index (χ0) is 11.8. The van der Waals surface area contributed by atoms with Gasteiger partial charge in [0.05, 0.1) is 6.04 Å². The molecule has 15 heavy (non-hydrogen) atoms. The van der Waals surface area contributed by atoms with Gasteiger partial charge in [-0.1, -0.05) is 33.6 Å². The first-order valence-electron chi connectivity index (χ1n) is 6.07. The van der Waals surface area contributed by atoms with Gasteiger partial charge in [-0.25, -0.2) is 0 Å². The van der Waals surface area contributed by atoms with E-state index in [4.69, 9.17) is 5.73 Å². The molecule has 0 saturated carbocycles. The van der Waals surface area contributed by atoms with Crippen molar-refractivity contribution in [1.82, 2.24) is 4.90 Å². The van der Waals surface area contributed by atoms with Gasteiger partial charge >= 0.3 is 0 Å². The predicted molar refractivity (Wildman–Crippen MR) is 64.6 cm³/mol. The fourth-order valence-electron chi connectivity index (χ4n) is 1.60. The van der Waals surface area contributed by atoms with Crippen LogP contribution in [0.5, 0.6) is 0 Å². The molecule has 0 rings (SSSR count). The number of hydrogen-bond acceptors (Lipinski definition) is 2. The zero-order valence-electron chi connectivity index (χ0n) is 10.6. The average Bonchev–Trinajstić information content (AvgIpc) is 2.21. The number of rotatable bonds is 7. The zero-order valence-corrected chi connectivity index (χ0v) is 10.6. The minimum Gasteiger partial charge on any atom is -0.341 e. The molecule has 1 atom stereocenters. The second-order valence-electron chi connectivity index (χ2n) is 4.52. The Balaban J connectivity index is 4.12. The number of nitrogens with two attached hydrogens (primary N) is 1. The van der Waals surface area contributed by atoms with E-state index in [0.717, 1.165) is 32.4 Å². The maximum Gasteiger partial charge on any atom is 0.239 e. The summed E-state index contributed by atoms with van der Waals surface area (Å²) in [6.45, 7) is 9.93. The SMILES string of the molecule is CCCCC(N)C(=O)N(CC)CC(C)C. The summed E-state index contributed by atoms with van der Waals surface area (Å²) in [4.78, 5) is 13.8. The van der Waals surface area contributed by atoms with E-state index in [1.165, 1.54) is 0 Å². The van der Waals surface area contributed by atoms with Gasteiger partial charge in [0.2, 0.25) is 5.91 Å². The molecule has 0 aromatic heterocycles. The van der Waals surface area contributed by atoms with E-state index >= 15 is 0 Å². The lowest BCUT2D eigenvalue weighted by atomic mass is 10.1. The molecular formula is C12H26N2O. The fourth-order valence-corrected chi connectivity index (χ4v) is 1.60. The van der Waals surface area contributed by atoms with Crippen LogP contribution in [0.2, 0.25) is 0 Å². The molecule has 0 saturated heterocycles. The van der Waals surface area contributed by atoms with Gasteiger partial charge in [-0.05, 0) is 19.3 Å². The Kier molecular flexibility index (Phi) is 7.39. The molecule has 0 aromatic rings. The van der Waals surface area contributed by atoms with Crippen LogP contribution in [0.1, 0.15) is 47.0 Å². The highest BCUT2D eigenvalue weighted by molar-refractivity contribution is 5.81. The van der Waals surface area contributed by atoms with Crippen LogP contribution in [-0.2, 0) is 4.79 Å². The van der Waals surface area contributed by atoms with Gasteiger partial charge < -0.3 is 10.6 Å². The normalized spacial score (nSPS) is 12.9. The quantitative estimate of drug-likeness (QED) is 0.704. The summed E-state index contributed by atoms with van der Waals surface area (Å²) in [7, 11) is 0. The lowest BCUT2D eigenvalue weighted by Gasteiger charge is -2.26. The number of carbonyl (C=O) groups excluding carboxylic acids is 1. The van der Waals surface area contributed by atoms with Gasteiger partial charge in [0.15, 0.2) is 0 Å². The number of unbranched alkanes of at least 4 members (excludes halogenated alkanes) is 1. The van der Waals surface area contributed by atoms with Gasteiger partial charge in [-0.15, -0.1) is 0 Å². The summed E-state index contributed by atoms with van der Waals surface area (Å²) in [5, 5.41) is 0. The van der Waals surface area contributed by atoms with Crippen LogP contribution in [0, 0.1) is 5.92 Å². The topological polar surface area (TPSA) is 46.3 Å². The highest BCUT2D eigenvalue weighted by Gasteiger charge is 2.19. The molecule has 3 heteroatoms. The molecule has 2 N–H and O–H groups in total. The van der Waals surface area contributed by atoms with Crippen LogP contribution < -0.4 is 5.73 Å². The monoisotopic (exact) mass is 214 g/mol. The third-order valence-electron chi connectivity index (χ3n) is 2.46. The highest BCUT2D eigenvalue weighted by Crippen LogP contribution is 2.05. The number of likely N-dealkylation sites (N-methyl/N-ethyl adjacent to an activating group) is 1. The number of nitrogens with zero attached hydrogens (tertiary/aromatic N) is 1. The molecule has 0 aliphatic rings. The Morgan fingerprint density at radius 2 is 1.93 bits per heavy atom. The minimum absolute atomic E-state index is 0.111. The molecule has 3 nitrogen and oxygen atoms in total. The summed E-state index contributed by atoms with van der Waals surface area (Å²) in [5.41, 5.74) is 5.86.